The number of hydrogen-bond donors (Lipinski definition) is 2. The number of carbonyl (C=O) groups is 1. The molecule has 0 amide bonds. The van der Waals surface area contributed by atoms with E-state index in [9.17, 15) is 9.90 Å². The first-order valence-corrected chi connectivity index (χ1v) is 8.21. The Morgan fingerprint density at radius 3 is 2.75 bits per heavy atom. The fraction of sp³-hybridized carbons (Fsp3) is 0.938. The van der Waals surface area contributed by atoms with Gasteiger partial charge in [0.25, 0.3) is 0 Å². The molecule has 0 bridgehead atoms. The van der Waals surface area contributed by atoms with Gasteiger partial charge < -0.3 is 15.3 Å². The molecule has 1 saturated carbocycles. The molecule has 2 N–H and O–H groups in total. The van der Waals surface area contributed by atoms with Gasteiger partial charge in [-0.2, -0.15) is 0 Å². The smallest absolute Gasteiger partial charge is 0.323 e. The van der Waals surface area contributed by atoms with E-state index in [-0.39, 0.29) is 0 Å². The maximum atomic E-state index is 11.7. The second-order valence-electron chi connectivity index (χ2n) is 6.96. The van der Waals surface area contributed by atoms with E-state index in [1.807, 2.05) is 6.92 Å². The van der Waals surface area contributed by atoms with E-state index in [0.717, 1.165) is 57.2 Å². The molecule has 0 aromatic carbocycles. The molecule has 0 aromatic heterocycles. The number of likely N-dealkylation sites (tertiary alicyclic amines) is 1. The SMILES string of the molecule is CCNC1(C(=O)O)CCCC(N2CCC(C(C)C)C2)C1. The highest BCUT2D eigenvalue weighted by atomic mass is 16.4. The van der Waals surface area contributed by atoms with Gasteiger partial charge in [0.2, 0.25) is 0 Å². The Morgan fingerprint density at radius 2 is 2.20 bits per heavy atom. The first-order valence-electron chi connectivity index (χ1n) is 8.21. The van der Waals surface area contributed by atoms with Crippen molar-refractivity contribution in [3.63, 3.8) is 0 Å². The zero-order valence-corrected chi connectivity index (χ0v) is 13.2. The van der Waals surface area contributed by atoms with Crippen molar-refractivity contribution in [2.45, 2.75) is 64.5 Å². The van der Waals surface area contributed by atoms with Crippen LogP contribution in [0.15, 0.2) is 0 Å². The van der Waals surface area contributed by atoms with Gasteiger partial charge in [0, 0.05) is 12.6 Å². The van der Waals surface area contributed by atoms with E-state index < -0.39 is 11.5 Å². The lowest BCUT2D eigenvalue weighted by Gasteiger charge is -2.41. The maximum Gasteiger partial charge on any atom is 0.323 e. The summed E-state index contributed by atoms with van der Waals surface area (Å²) in [6, 6.07) is 0.447. The minimum absolute atomic E-state index is 0.447. The number of nitrogens with zero attached hydrogens (tertiary/aromatic N) is 1. The Labute approximate surface area is 122 Å². The lowest BCUT2D eigenvalue weighted by atomic mass is 9.78. The Balaban J connectivity index is 2.01. The van der Waals surface area contributed by atoms with Crippen LogP contribution in [0, 0.1) is 11.8 Å². The van der Waals surface area contributed by atoms with Crippen LogP contribution in [0.2, 0.25) is 0 Å². The summed E-state index contributed by atoms with van der Waals surface area (Å²) in [5.41, 5.74) is -0.687. The summed E-state index contributed by atoms with van der Waals surface area (Å²) in [7, 11) is 0. The fourth-order valence-electron chi connectivity index (χ4n) is 4.02. The molecule has 4 nitrogen and oxygen atoms in total. The molecule has 0 radical (unpaired) electrons. The topological polar surface area (TPSA) is 52.6 Å². The van der Waals surface area contributed by atoms with Crippen molar-refractivity contribution in [1.29, 1.82) is 0 Å². The average Bonchev–Trinajstić information content (AvgIpc) is 2.89. The van der Waals surface area contributed by atoms with Gasteiger partial charge in [-0.1, -0.05) is 20.8 Å². The van der Waals surface area contributed by atoms with Crippen molar-refractivity contribution in [2.75, 3.05) is 19.6 Å². The van der Waals surface area contributed by atoms with Gasteiger partial charge in [-0.05, 0) is 57.0 Å². The zero-order chi connectivity index (χ0) is 14.8. The van der Waals surface area contributed by atoms with Gasteiger partial charge in [-0.25, -0.2) is 0 Å². The Bertz CT molecular complexity index is 341. The largest absolute Gasteiger partial charge is 0.480 e. The molecule has 3 atom stereocenters. The molecule has 1 aliphatic heterocycles. The number of rotatable bonds is 5. The van der Waals surface area contributed by atoms with Crippen LogP contribution >= 0.6 is 0 Å². The number of carboxylic acids is 1. The van der Waals surface area contributed by atoms with Crippen molar-refractivity contribution in [3.05, 3.63) is 0 Å². The second kappa shape index (κ2) is 6.44. The summed E-state index contributed by atoms with van der Waals surface area (Å²) >= 11 is 0. The van der Waals surface area contributed by atoms with Crippen molar-refractivity contribution in [2.24, 2.45) is 11.8 Å². The van der Waals surface area contributed by atoms with Crippen LogP contribution in [0.4, 0.5) is 0 Å². The summed E-state index contributed by atoms with van der Waals surface area (Å²) < 4.78 is 0. The quantitative estimate of drug-likeness (QED) is 0.812. The highest BCUT2D eigenvalue weighted by Crippen LogP contribution is 2.35. The van der Waals surface area contributed by atoms with Crippen molar-refractivity contribution < 1.29 is 9.90 Å². The third-order valence-corrected chi connectivity index (χ3v) is 5.36. The maximum absolute atomic E-state index is 11.7. The minimum Gasteiger partial charge on any atom is -0.480 e. The summed E-state index contributed by atoms with van der Waals surface area (Å²) in [5, 5.41) is 12.9. The van der Waals surface area contributed by atoms with Gasteiger partial charge >= 0.3 is 5.97 Å². The van der Waals surface area contributed by atoms with Crippen LogP contribution in [0.1, 0.15) is 52.9 Å². The molecule has 20 heavy (non-hydrogen) atoms. The van der Waals surface area contributed by atoms with Gasteiger partial charge in [0.05, 0.1) is 0 Å². The molecule has 1 heterocycles. The lowest BCUT2D eigenvalue weighted by molar-refractivity contribution is -0.147. The molecular formula is C16H30N2O2. The molecule has 1 saturated heterocycles. The lowest BCUT2D eigenvalue weighted by Crippen LogP contribution is -2.58. The number of likely N-dealkylation sites (N-methyl/N-ethyl adjacent to an activating group) is 1. The van der Waals surface area contributed by atoms with E-state index in [1.165, 1.54) is 6.42 Å². The average molecular weight is 282 g/mol. The monoisotopic (exact) mass is 282 g/mol. The van der Waals surface area contributed by atoms with Crippen molar-refractivity contribution in [1.82, 2.24) is 10.2 Å². The molecule has 0 aromatic rings. The molecule has 3 unspecified atom stereocenters. The predicted molar refractivity (Wildman–Crippen MR) is 80.8 cm³/mol. The van der Waals surface area contributed by atoms with Gasteiger partial charge in [0.15, 0.2) is 0 Å². The molecule has 1 aliphatic carbocycles. The second-order valence-corrected chi connectivity index (χ2v) is 6.96. The number of hydrogen-bond acceptors (Lipinski definition) is 3. The van der Waals surface area contributed by atoms with Gasteiger partial charge in [-0.3, -0.25) is 4.79 Å². The minimum atomic E-state index is -0.687. The Morgan fingerprint density at radius 1 is 1.45 bits per heavy atom. The van der Waals surface area contributed by atoms with Gasteiger partial charge in [0.1, 0.15) is 5.54 Å². The summed E-state index contributed by atoms with van der Waals surface area (Å²) in [6.07, 6.45) is 4.99. The van der Waals surface area contributed by atoms with Crippen LogP contribution in [-0.4, -0.2) is 47.2 Å². The molecule has 2 aliphatic rings. The highest BCUT2D eigenvalue weighted by Gasteiger charge is 2.44. The molecule has 116 valence electrons. The molecule has 2 fully saturated rings. The third kappa shape index (κ3) is 3.17. The predicted octanol–water partition coefficient (Wildman–Crippen LogP) is 2.34. The van der Waals surface area contributed by atoms with Crippen LogP contribution in [0.3, 0.4) is 0 Å². The van der Waals surface area contributed by atoms with Crippen LogP contribution < -0.4 is 5.32 Å². The third-order valence-electron chi connectivity index (χ3n) is 5.36. The molecule has 2 rings (SSSR count). The zero-order valence-electron chi connectivity index (χ0n) is 13.2. The standard InChI is InChI=1S/C16H30N2O2/c1-4-17-16(15(19)20)8-5-6-14(10-16)18-9-7-13(11-18)12(2)3/h12-14,17H,4-11H2,1-3H3,(H,19,20). The van der Waals surface area contributed by atoms with Crippen molar-refractivity contribution >= 4 is 5.97 Å². The van der Waals surface area contributed by atoms with Crippen LogP contribution in [-0.2, 0) is 4.79 Å². The van der Waals surface area contributed by atoms with Crippen LogP contribution in [0.25, 0.3) is 0 Å². The summed E-state index contributed by atoms with van der Waals surface area (Å²) in [4.78, 5) is 14.3. The number of carboxylic acid groups (broad SMARTS) is 1. The molecule has 4 heteroatoms. The van der Waals surface area contributed by atoms with Gasteiger partial charge in [-0.15, -0.1) is 0 Å². The first-order chi connectivity index (χ1) is 9.48. The molecular weight excluding hydrogens is 252 g/mol. The normalized spacial score (nSPS) is 35.6. The Hall–Kier alpha value is -0.610. The number of aliphatic carboxylic acids is 1. The summed E-state index contributed by atoms with van der Waals surface area (Å²) in [5.74, 6) is 0.862. The van der Waals surface area contributed by atoms with E-state index in [1.54, 1.807) is 0 Å². The van der Waals surface area contributed by atoms with E-state index >= 15 is 0 Å². The molecule has 0 spiro atoms. The van der Waals surface area contributed by atoms with E-state index in [2.05, 4.69) is 24.1 Å². The van der Waals surface area contributed by atoms with Crippen molar-refractivity contribution in [3.8, 4) is 0 Å². The highest BCUT2D eigenvalue weighted by molar-refractivity contribution is 5.79. The fourth-order valence-corrected chi connectivity index (χ4v) is 4.02. The first kappa shape index (κ1) is 15.8. The Kier molecular flexibility index (Phi) is 5.08. The van der Waals surface area contributed by atoms with E-state index in [0.29, 0.717) is 6.04 Å². The van der Waals surface area contributed by atoms with Crippen LogP contribution in [0.5, 0.6) is 0 Å². The number of nitrogens with one attached hydrogen (secondary N) is 1. The van der Waals surface area contributed by atoms with E-state index in [4.69, 9.17) is 0 Å². The summed E-state index contributed by atoms with van der Waals surface area (Å²) in [6.45, 7) is 9.64.